The number of halogens is 2. The van der Waals surface area contributed by atoms with Gasteiger partial charge in [0.1, 0.15) is 17.6 Å². The van der Waals surface area contributed by atoms with E-state index in [1.54, 1.807) is 53.4 Å². The number of nitrogens with zero attached hydrogens (tertiary/aromatic N) is 3. The van der Waals surface area contributed by atoms with Crippen molar-refractivity contribution >= 4 is 35.1 Å². The number of primary amides is 1. The largest absolute Gasteiger partial charge is 0.480 e. The number of carbonyl (C=O) groups is 2. The number of carboxylic acid groups (broad SMARTS) is 1. The van der Waals surface area contributed by atoms with Crippen molar-refractivity contribution in [2.45, 2.75) is 56.8 Å². The number of hydrogen-bond donors (Lipinski definition) is 2. The zero-order valence-electron chi connectivity index (χ0n) is 22.3. The molecule has 0 saturated carbocycles. The lowest BCUT2D eigenvalue weighted by molar-refractivity contribution is -0.151. The van der Waals surface area contributed by atoms with Crippen LogP contribution in [0.3, 0.4) is 0 Å². The molecule has 2 heterocycles. The number of likely N-dealkylation sites (tertiary alicyclic amines) is 1. The van der Waals surface area contributed by atoms with Crippen molar-refractivity contribution in [1.82, 2.24) is 9.80 Å². The lowest BCUT2D eigenvalue weighted by Crippen LogP contribution is -2.63. The van der Waals surface area contributed by atoms with Crippen LogP contribution in [0, 0.1) is 16.7 Å². The summed E-state index contributed by atoms with van der Waals surface area (Å²) in [6, 6.07) is 14.5. The molecule has 0 aromatic heterocycles. The smallest absolute Gasteiger partial charge is 0.321 e. The summed E-state index contributed by atoms with van der Waals surface area (Å²) in [7, 11) is 0. The van der Waals surface area contributed by atoms with Crippen LogP contribution in [-0.4, -0.2) is 71.3 Å². The van der Waals surface area contributed by atoms with Gasteiger partial charge in [-0.2, -0.15) is 5.26 Å². The van der Waals surface area contributed by atoms with Gasteiger partial charge in [0.05, 0.1) is 19.3 Å². The molecular weight excluding hydrogens is 539 g/mol. The highest BCUT2D eigenvalue weighted by Crippen LogP contribution is 2.56. The summed E-state index contributed by atoms with van der Waals surface area (Å²) in [5.41, 5.74) is 5.55. The maximum absolute atomic E-state index is 13.3. The van der Waals surface area contributed by atoms with Crippen molar-refractivity contribution in [3.63, 3.8) is 0 Å². The second-order valence-electron chi connectivity index (χ2n) is 11.5. The molecule has 2 fully saturated rings. The Hall–Kier alpha value is -2.67. The summed E-state index contributed by atoms with van der Waals surface area (Å²) in [6.07, 6.45) is -0.649. The van der Waals surface area contributed by atoms with Gasteiger partial charge in [0.25, 0.3) is 0 Å². The van der Waals surface area contributed by atoms with Crippen LogP contribution in [0.5, 0.6) is 0 Å². The molecule has 0 radical (unpaired) electrons. The molecular formula is C29H34Cl2N4O4. The van der Waals surface area contributed by atoms with Crippen LogP contribution >= 0.6 is 23.2 Å². The van der Waals surface area contributed by atoms with Gasteiger partial charge in [-0.1, -0.05) is 68.2 Å². The van der Waals surface area contributed by atoms with E-state index in [1.807, 2.05) is 25.7 Å². The Balaban J connectivity index is 2.08. The third-order valence-corrected chi connectivity index (χ3v) is 8.20. The highest BCUT2D eigenvalue weighted by Gasteiger charge is 2.66. The van der Waals surface area contributed by atoms with E-state index in [9.17, 15) is 20.0 Å². The zero-order valence-corrected chi connectivity index (χ0v) is 23.8. The SMILES string of the molecule is CC(C)(C)C[C@@H]1N(C(C(N)=O)N2CCOCC2)[C@@H](C(=O)O)[C@H](c2cccc(Cl)c2)[C@@]1(C#N)c1ccc(Cl)cc1. The first-order valence-electron chi connectivity index (χ1n) is 12.9. The van der Waals surface area contributed by atoms with Gasteiger partial charge >= 0.3 is 5.97 Å². The molecule has 2 saturated heterocycles. The van der Waals surface area contributed by atoms with Crippen molar-refractivity contribution in [3.05, 3.63) is 69.7 Å². The van der Waals surface area contributed by atoms with Crippen LogP contribution < -0.4 is 5.73 Å². The molecule has 4 rings (SSSR count). The average molecular weight is 574 g/mol. The van der Waals surface area contributed by atoms with Crippen molar-refractivity contribution < 1.29 is 19.4 Å². The molecule has 3 N–H and O–H groups in total. The third kappa shape index (κ3) is 5.65. The Morgan fingerprint density at radius 1 is 1.15 bits per heavy atom. The fraction of sp³-hybridized carbons (Fsp3) is 0.483. The van der Waals surface area contributed by atoms with E-state index in [0.29, 0.717) is 53.9 Å². The zero-order chi connectivity index (χ0) is 28.5. The van der Waals surface area contributed by atoms with Crippen LogP contribution in [0.1, 0.15) is 44.2 Å². The standard InChI is InChI=1S/C29H34Cl2N4O4/c1-28(2,3)16-22-29(17-32,19-7-9-20(30)10-8-19)23(18-5-4-6-21(31)15-18)24(27(37)38)35(22)26(25(33)36)34-11-13-39-14-12-34/h4-10,15,22-24,26H,11-14,16H2,1-3H3,(H2,33,36)(H,37,38)/t22-,23-,24+,26?,29-/m0/s1. The number of rotatable bonds is 7. The van der Waals surface area contributed by atoms with Gasteiger partial charge in [-0.05, 0) is 47.2 Å². The quantitative estimate of drug-likeness (QED) is 0.508. The number of amides is 1. The van der Waals surface area contributed by atoms with Crippen LogP contribution in [0.2, 0.25) is 10.0 Å². The Kier molecular flexibility index (Phi) is 8.60. The Morgan fingerprint density at radius 2 is 1.79 bits per heavy atom. The number of nitriles is 1. The second kappa shape index (κ2) is 11.4. The minimum Gasteiger partial charge on any atom is -0.480 e. The molecule has 208 valence electrons. The fourth-order valence-electron chi connectivity index (χ4n) is 6.29. The number of aliphatic carboxylic acids is 1. The van der Waals surface area contributed by atoms with Crippen LogP contribution in [0.4, 0.5) is 0 Å². The van der Waals surface area contributed by atoms with Gasteiger partial charge in [0.2, 0.25) is 5.91 Å². The molecule has 39 heavy (non-hydrogen) atoms. The van der Waals surface area contributed by atoms with Gasteiger partial charge in [-0.3, -0.25) is 19.4 Å². The maximum Gasteiger partial charge on any atom is 0.321 e. The molecule has 2 aromatic carbocycles. The van der Waals surface area contributed by atoms with E-state index in [0.717, 1.165) is 0 Å². The van der Waals surface area contributed by atoms with Crippen LogP contribution in [-0.2, 0) is 19.7 Å². The number of morpholine rings is 1. The van der Waals surface area contributed by atoms with Crippen molar-refractivity contribution in [2.75, 3.05) is 26.3 Å². The first-order chi connectivity index (χ1) is 18.4. The maximum atomic E-state index is 13.3. The topological polar surface area (TPSA) is 120 Å². The van der Waals surface area contributed by atoms with Crippen LogP contribution in [0.15, 0.2) is 48.5 Å². The molecule has 0 bridgehead atoms. The summed E-state index contributed by atoms with van der Waals surface area (Å²) >= 11 is 12.7. The van der Waals surface area contributed by atoms with Gasteiger partial charge < -0.3 is 15.6 Å². The monoisotopic (exact) mass is 572 g/mol. The Morgan fingerprint density at radius 3 is 2.31 bits per heavy atom. The van der Waals surface area contributed by atoms with Crippen molar-refractivity contribution in [1.29, 1.82) is 5.26 Å². The van der Waals surface area contributed by atoms with Gasteiger partial charge in [0, 0.05) is 35.1 Å². The van der Waals surface area contributed by atoms with Crippen molar-refractivity contribution in [2.24, 2.45) is 11.1 Å². The summed E-state index contributed by atoms with van der Waals surface area (Å²) in [5, 5.41) is 22.9. The molecule has 5 atom stereocenters. The van der Waals surface area contributed by atoms with E-state index < -0.39 is 41.5 Å². The van der Waals surface area contributed by atoms with Crippen molar-refractivity contribution in [3.8, 4) is 6.07 Å². The minimum absolute atomic E-state index is 0.336. The molecule has 2 aliphatic heterocycles. The summed E-state index contributed by atoms with van der Waals surface area (Å²) in [6.45, 7) is 7.68. The molecule has 0 aliphatic carbocycles. The highest BCUT2D eigenvalue weighted by molar-refractivity contribution is 6.30. The van der Waals surface area contributed by atoms with Gasteiger partial charge in [-0.15, -0.1) is 0 Å². The number of nitrogens with two attached hydrogens (primary N) is 1. The molecule has 10 heteroatoms. The fourth-order valence-corrected chi connectivity index (χ4v) is 6.61. The Bertz CT molecular complexity index is 1250. The van der Waals surface area contributed by atoms with Crippen LogP contribution in [0.25, 0.3) is 0 Å². The lowest BCUT2D eigenvalue weighted by atomic mass is 9.63. The van der Waals surface area contributed by atoms with E-state index in [2.05, 4.69) is 6.07 Å². The molecule has 2 aliphatic rings. The highest BCUT2D eigenvalue weighted by atomic mass is 35.5. The first kappa shape index (κ1) is 29.3. The third-order valence-electron chi connectivity index (χ3n) is 7.71. The van der Waals surface area contributed by atoms with Gasteiger partial charge in [-0.25, -0.2) is 0 Å². The summed E-state index contributed by atoms with van der Waals surface area (Å²) in [4.78, 5) is 30.1. The second-order valence-corrected chi connectivity index (χ2v) is 12.3. The first-order valence-corrected chi connectivity index (χ1v) is 13.7. The minimum atomic E-state index is -1.38. The molecule has 0 spiro atoms. The summed E-state index contributed by atoms with van der Waals surface area (Å²) < 4.78 is 5.51. The number of carbonyl (C=O) groups excluding carboxylic acids is 1. The number of benzene rings is 2. The van der Waals surface area contributed by atoms with E-state index >= 15 is 0 Å². The van der Waals surface area contributed by atoms with E-state index in [-0.39, 0.29) is 5.41 Å². The van der Waals surface area contributed by atoms with E-state index in [4.69, 9.17) is 33.7 Å². The van der Waals surface area contributed by atoms with E-state index in [1.165, 1.54) is 0 Å². The predicted octanol–water partition coefficient (Wildman–Crippen LogP) is 4.26. The predicted molar refractivity (Wildman–Crippen MR) is 149 cm³/mol. The molecule has 2 aromatic rings. The molecule has 1 unspecified atom stereocenters. The molecule has 1 amide bonds. The number of hydrogen-bond acceptors (Lipinski definition) is 6. The summed E-state index contributed by atoms with van der Waals surface area (Å²) in [5.74, 6) is -2.70. The lowest BCUT2D eigenvalue weighted by Gasteiger charge is -2.45. The normalized spacial score (nSPS) is 27.1. The molecule has 8 nitrogen and oxygen atoms in total. The number of ether oxygens (including phenoxy) is 1. The average Bonchev–Trinajstić information content (AvgIpc) is 3.14. The Labute approximate surface area is 239 Å². The number of carboxylic acids is 1. The van der Waals surface area contributed by atoms with Gasteiger partial charge in [0.15, 0.2) is 0 Å².